The van der Waals surface area contributed by atoms with Gasteiger partial charge >= 0.3 is 0 Å². The van der Waals surface area contributed by atoms with Crippen LogP contribution in [0.4, 0.5) is 5.95 Å². The molecule has 0 radical (unpaired) electrons. The van der Waals surface area contributed by atoms with Crippen molar-refractivity contribution in [1.82, 2.24) is 9.97 Å². The van der Waals surface area contributed by atoms with E-state index < -0.39 is 10.0 Å². The van der Waals surface area contributed by atoms with Gasteiger partial charge in [-0.1, -0.05) is 11.6 Å². The summed E-state index contributed by atoms with van der Waals surface area (Å²) in [6, 6.07) is 4.83. The topological polar surface area (TPSA) is 72.0 Å². The molecule has 0 aliphatic rings. The zero-order valence-electron chi connectivity index (χ0n) is 9.64. The van der Waals surface area contributed by atoms with Crippen molar-refractivity contribution in [2.24, 2.45) is 0 Å². The number of anilines is 1. The van der Waals surface area contributed by atoms with E-state index in [1.54, 1.807) is 25.1 Å². The average molecular weight is 304 g/mol. The summed E-state index contributed by atoms with van der Waals surface area (Å²) in [4.78, 5) is 8.71. The predicted molar refractivity (Wildman–Crippen MR) is 71.6 cm³/mol. The summed E-state index contributed by atoms with van der Waals surface area (Å²) < 4.78 is 26.6. The van der Waals surface area contributed by atoms with Crippen molar-refractivity contribution >= 4 is 38.9 Å². The highest BCUT2D eigenvalue weighted by Gasteiger charge is 2.17. The third kappa shape index (κ3) is 2.98. The van der Waals surface area contributed by atoms with Gasteiger partial charge in [0.25, 0.3) is 10.0 Å². The quantitative estimate of drug-likeness (QED) is 0.885. The molecule has 18 heavy (non-hydrogen) atoms. The first-order chi connectivity index (χ1) is 8.37. The molecule has 0 amide bonds. The standard InChI is InChI=1S/C10H10ClN3O2S2/c1-6-5-8(11)13-10(12-6)14-18(15,16)9-4-3-7(2)17-9/h3-5H,1-2H3,(H,12,13,14). The van der Waals surface area contributed by atoms with E-state index in [4.69, 9.17) is 11.6 Å². The van der Waals surface area contributed by atoms with E-state index in [-0.39, 0.29) is 15.3 Å². The van der Waals surface area contributed by atoms with Crippen LogP contribution in [0.25, 0.3) is 0 Å². The van der Waals surface area contributed by atoms with Gasteiger partial charge < -0.3 is 0 Å². The van der Waals surface area contributed by atoms with Crippen molar-refractivity contribution in [2.45, 2.75) is 18.1 Å². The minimum Gasteiger partial charge on any atom is -0.246 e. The first-order valence-corrected chi connectivity index (χ1v) is 7.65. The molecule has 2 rings (SSSR count). The Morgan fingerprint density at radius 3 is 2.56 bits per heavy atom. The number of thiophene rings is 1. The second-order valence-electron chi connectivity index (χ2n) is 3.63. The van der Waals surface area contributed by atoms with E-state index in [2.05, 4.69) is 14.7 Å². The minimum absolute atomic E-state index is 0.0222. The van der Waals surface area contributed by atoms with Gasteiger partial charge in [0.2, 0.25) is 5.95 Å². The zero-order chi connectivity index (χ0) is 13.3. The largest absolute Gasteiger partial charge is 0.273 e. The average Bonchev–Trinajstić information content (AvgIpc) is 2.62. The number of aromatic nitrogens is 2. The maximum absolute atomic E-state index is 12.0. The number of halogens is 1. The Bertz CT molecular complexity index is 662. The molecule has 0 spiro atoms. The Balaban J connectivity index is 2.33. The summed E-state index contributed by atoms with van der Waals surface area (Å²) in [5.74, 6) is -0.0222. The summed E-state index contributed by atoms with van der Waals surface area (Å²) >= 11 is 6.93. The Labute approximate surface area is 114 Å². The Hall–Kier alpha value is -1.18. The van der Waals surface area contributed by atoms with E-state index in [1.807, 2.05) is 6.92 Å². The Morgan fingerprint density at radius 2 is 2.00 bits per heavy atom. The van der Waals surface area contributed by atoms with Crippen molar-refractivity contribution in [2.75, 3.05) is 4.72 Å². The highest BCUT2D eigenvalue weighted by molar-refractivity contribution is 7.94. The third-order valence-electron chi connectivity index (χ3n) is 2.03. The molecule has 96 valence electrons. The van der Waals surface area contributed by atoms with Crippen molar-refractivity contribution in [1.29, 1.82) is 0 Å². The number of nitrogens with zero attached hydrogens (tertiary/aromatic N) is 2. The van der Waals surface area contributed by atoms with Gasteiger partial charge in [-0.25, -0.2) is 23.1 Å². The van der Waals surface area contributed by atoms with Crippen molar-refractivity contribution in [3.8, 4) is 0 Å². The fourth-order valence-corrected chi connectivity index (χ4v) is 3.77. The van der Waals surface area contributed by atoms with E-state index >= 15 is 0 Å². The van der Waals surface area contributed by atoms with Crippen LogP contribution in [0, 0.1) is 13.8 Å². The molecule has 0 saturated carbocycles. The molecule has 0 aromatic carbocycles. The van der Waals surface area contributed by atoms with Gasteiger partial charge in [-0.2, -0.15) is 0 Å². The van der Waals surface area contributed by atoms with Crippen LogP contribution < -0.4 is 4.72 Å². The molecule has 2 aromatic heterocycles. The Kier molecular flexibility index (Phi) is 3.56. The van der Waals surface area contributed by atoms with Crippen LogP contribution >= 0.6 is 22.9 Å². The van der Waals surface area contributed by atoms with Crippen LogP contribution in [0.15, 0.2) is 22.4 Å². The summed E-state index contributed by atoms with van der Waals surface area (Å²) in [5, 5.41) is 0.197. The molecule has 0 aliphatic carbocycles. The van der Waals surface area contributed by atoms with Crippen LogP contribution in [-0.2, 0) is 10.0 Å². The van der Waals surface area contributed by atoms with Crippen molar-refractivity contribution < 1.29 is 8.42 Å². The fourth-order valence-electron chi connectivity index (χ4n) is 1.30. The monoisotopic (exact) mass is 303 g/mol. The van der Waals surface area contributed by atoms with Gasteiger partial charge in [0.15, 0.2) is 0 Å². The molecule has 2 aromatic rings. The van der Waals surface area contributed by atoms with Gasteiger partial charge in [-0.05, 0) is 32.0 Å². The lowest BCUT2D eigenvalue weighted by Crippen LogP contribution is -2.14. The van der Waals surface area contributed by atoms with Gasteiger partial charge in [0, 0.05) is 10.6 Å². The summed E-state index contributed by atoms with van der Waals surface area (Å²) in [5.41, 5.74) is 0.593. The van der Waals surface area contributed by atoms with Gasteiger partial charge in [0.1, 0.15) is 9.36 Å². The highest BCUT2D eigenvalue weighted by Crippen LogP contribution is 2.22. The summed E-state index contributed by atoms with van der Waals surface area (Å²) in [6.45, 7) is 3.55. The van der Waals surface area contributed by atoms with Crippen LogP contribution in [0.1, 0.15) is 10.6 Å². The smallest absolute Gasteiger partial charge is 0.246 e. The first kappa shape index (κ1) is 13.3. The molecule has 1 N–H and O–H groups in total. The third-order valence-corrected chi connectivity index (χ3v) is 5.04. The summed E-state index contributed by atoms with van der Waals surface area (Å²) in [7, 11) is -3.64. The van der Waals surface area contributed by atoms with Crippen LogP contribution in [-0.4, -0.2) is 18.4 Å². The van der Waals surface area contributed by atoms with Crippen LogP contribution in [0.5, 0.6) is 0 Å². The number of nitrogens with one attached hydrogen (secondary N) is 1. The number of hydrogen-bond donors (Lipinski definition) is 1. The molecular formula is C10H10ClN3O2S2. The molecule has 8 heteroatoms. The van der Waals surface area contributed by atoms with E-state index in [9.17, 15) is 8.42 Å². The second kappa shape index (κ2) is 4.83. The summed E-state index contributed by atoms with van der Waals surface area (Å²) in [6.07, 6.45) is 0. The molecule has 0 aliphatic heterocycles. The van der Waals surface area contributed by atoms with Crippen LogP contribution in [0.3, 0.4) is 0 Å². The highest BCUT2D eigenvalue weighted by atomic mass is 35.5. The normalized spacial score (nSPS) is 11.5. The zero-order valence-corrected chi connectivity index (χ0v) is 12.0. The van der Waals surface area contributed by atoms with Crippen molar-refractivity contribution in [3.63, 3.8) is 0 Å². The lowest BCUT2D eigenvalue weighted by Gasteiger charge is -2.05. The molecule has 0 bridgehead atoms. The molecule has 0 atom stereocenters. The molecule has 0 fully saturated rings. The second-order valence-corrected chi connectivity index (χ2v) is 7.21. The van der Waals surface area contributed by atoms with Crippen LogP contribution in [0.2, 0.25) is 5.15 Å². The van der Waals surface area contributed by atoms with Crippen molar-refractivity contribution in [3.05, 3.63) is 33.9 Å². The van der Waals surface area contributed by atoms with Gasteiger partial charge in [0.05, 0.1) is 0 Å². The number of rotatable bonds is 3. The maximum Gasteiger partial charge on any atom is 0.273 e. The predicted octanol–water partition coefficient (Wildman–Crippen LogP) is 2.61. The van der Waals surface area contributed by atoms with E-state index in [0.717, 1.165) is 4.88 Å². The maximum atomic E-state index is 12.0. The number of aryl methyl sites for hydroxylation is 2. The lowest BCUT2D eigenvalue weighted by atomic mass is 10.5. The van der Waals surface area contributed by atoms with Gasteiger partial charge in [-0.15, -0.1) is 11.3 Å². The molecule has 0 unspecified atom stereocenters. The Morgan fingerprint density at radius 1 is 1.28 bits per heavy atom. The molecular weight excluding hydrogens is 294 g/mol. The van der Waals surface area contributed by atoms with E-state index in [0.29, 0.717) is 5.69 Å². The molecule has 0 saturated heterocycles. The minimum atomic E-state index is -3.64. The first-order valence-electron chi connectivity index (χ1n) is 4.97. The SMILES string of the molecule is Cc1cc(Cl)nc(NS(=O)(=O)c2ccc(C)s2)n1. The van der Waals surface area contributed by atoms with E-state index in [1.165, 1.54) is 11.3 Å². The number of hydrogen-bond acceptors (Lipinski definition) is 5. The molecule has 2 heterocycles. The fraction of sp³-hybridized carbons (Fsp3) is 0.200. The molecule has 5 nitrogen and oxygen atoms in total. The van der Waals surface area contributed by atoms with Gasteiger partial charge in [-0.3, -0.25) is 0 Å². The number of sulfonamides is 1. The lowest BCUT2D eigenvalue weighted by molar-refractivity contribution is 0.602.